The molecule has 0 saturated heterocycles. The summed E-state index contributed by atoms with van der Waals surface area (Å²) in [6, 6.07) is 7.70. The van der Waals surface area contributed by atoms with Crippen molar-refractivity contribution in [3.63, 3.8) is 0 Å². The highest BCUT2D eigenvalue weighted by molar-refractivity contribution is 5.74. The van der Waals surface area contributed by atoms with Gasteiger partial charge in [-0.15, -0.1) is 0 Å². The molecule has 0 spiro atoms. The van der Waals surface area contributed by atoms with Crippen LogP contribution in [0, 0.1) is 0 Å². The summed E-state index contributed by atoms with van der Waals surface area (Å²) in [5.74, 6) is 0. The molecular weight excluding hydrogens is 176 g/mol. The van der Waals surface area contributed by atoms with E-state index in [9.17, 15) is 0 Å². The van der Waals surface area contributed by atoms with Crippen LogP contribution in [0.1, 0.15) is 18.3 Å². The van der Waals surface area contributed by atoms with Crippen molar-refractivity contribution in [2.24, 2.45) is 0 Å². The first kappa shape index (κ1) is 9.09. The van der Waals surface area contributed by atoms with Gasteiger partial charge in [0, 0.05) is 0 Å². The van der Waals surface area contributed by atoms with E-state index in [0.29, 0.717) is 5.69 Å². The zero-order valence-electron chi connectivity index (χ0n) is 8.07. The van der Waals surface area contributed by atoms with Crippen LogP contribution in [0.5, 0.6) is 0 Å². The third kappa shape index (κ3) is 1.46. The minimum absolute atomic E-state index is 0.0407. The van der Waals surface area contributed by atoms with Crippen LogP contribution in [0.25, 0.3) is 11.0 Å². The number of para-hydroxylation sites is 2. The molecule has 1 aromatic heterocycles. The van der Waals surface area contributed by atoms with E-state index in [0.717, 1.165) is 23.1 Å². The molecule has 0 aliphatic carbocycles. The Hall–Kier alpha value is -1.48. The predicted molar refractivity (Wildman–Crippen MR) is 54.8 cm³/mol. The fourth-order valence-corrected chi connectivity index (χ4v) is 1.48. The van der Waals surface area contributed by atoms with Crippen molar-refractivity contribution in [2.75, 3.05) is 0 Å². The van der Waals surface area contributed by atoms with Crippen LogP contribution in [-0.2, 0) is 13.0 Å². The van der Waals surface area contributed by atoms with Crippen LogP contribution in [0.15, 0.2) is 24.3 Å². The number of aromatic nitrogens is 2. The Balaban J connectivity index is 2.69. The maximum absolute atomic E-state index is 9.11. The summed E-state index contributed by atoms with van der Waals surface area (Å²) in [6.07, 6.45) is 0.799. The van der Waals surface area contributed by atoms with Crippen molar-refractivity contribution < 1.29 is 5.11 Å². The monoisotopic (exact) mass is 188 g/mol. The SMILES string of the molecule is CCc1nc2ccccc2nc1CO. The van der Waals surface area contributed by atoms with Crippen LogP contribution in [-0.4, -0.2) is 15.1 Å². The molecule has 2 rings (SSSR count). The second-order valence-corrected chi connectivity index (χ2v) is 3.12. The van der Waals surface area contributed by atoms with E-state index in [1.54, 1.807) is 0 Å². The van der Waals surface area contributed by atoms with Crippen molar-refractivity contribution in [3.05, 3.63) is 35.7 Å². The van der Waals surface area contributed by atoms with Gasteiger partial charge in [0.2, 0.25) is 0 Å². The smallest absolute Gasteiger partial charge is 0.0891 e. The molecule has 0 unspecified atom stereocenters. The van der Waals surface area contributed by atoms with Gasteiger partial charge >= 0.3 is 0 Å². The molecule has 0 aliphatic rings. The maximum Gasteiger partial charge on any atom is 0.0891 e. The minimum atomic E-state index is -0.0407. The van der Waals surface area contributed by atoms with Crippen LogP contribution in [0.2, 0.25) is 0 Å². The highest BCUT2D eigenvalue weighted by Crippen LogP contribution is 2.12. The molecule has 1 aromatic carbocycles. The molecular formula is C11H12N2O. The first-order valence-corrected chi connectivity index (χ1v) is 4.70. The van der Waals surface area contributed by atoms with Gasteiger partial charge in [-0.3, -0.25) is 0 Å². The molecule has 0 aliphatic heterocycles. The molecule has 0 fully saturated rings. The van der Waals surface area contributed by atoms with Crippen molar-refractivity contribution in [2.45, 2.75) is 20.0 Å². The van der Waals surface area contributed by atoms with Crippen molar-refractivity contribution in [3.8, 4) is 0 Å². The molecule has 14 heavy (non-hydrogen) atoms. The van der Waals surface area contributed by atoms with E-state index in [-0.39, 0.29) is 6.61 Å². The van der Waals surface area contributed by atoms with Gasteiger partial charge < -0.3 is 5.11 Å². The van der Waals surface area contributed by atoms with Crippen molar-refractivity contribution in [1.29, 1.82) is 0 Å². The van der Waals surface area contributed by atoms with E-state index in [1.165, 1.54) is 0 Å². The molecule has 3 nitrogen and oxygen atoms in total. The van der Waals surface area contributed by atoms with E-state index in [1.807, 2.05) is 31.2 Å². The highest BCUT2D eigenvalue weighted by atomic mass is 16.3. The number of hydrogen-bond donors (Lipinski definition) is 1. The third-order valence-electron chi connectivity index (χ3n) is 2.21. The Labute approximate surface area is 82.4 Å². The number of aliphatic hydroxyl groups is 1. The van der Waals surface area contributed by atoms with E-state index < -0.39 is 0 Å². The lowest BCUT2D eigenvalue weighted by Gasteiger charge is -2.05. The van der Waals surface area contributed by atoms with Crippen molar-refractivity contribution >= 4 is 11.0 Å². The van der Waals surface area contributed by atoms with E-state index in [4.69, 9.17) is 5.11 Å². The average molecular weight is 188 g/mol. The second kappa shape index (κ2) is 3.72. The normalized spacial score (nSPS) is 10.7. The Bertz CT molecular complexity index is 411. The summed E-state index contributed by atoms with van der Waals surface area (Å²) >= 11 is 0. The van der Waals surface area contributed by atoms with Crippen LogP contribution < -0.4 is 0 Å². The van der Waals surface area contributed by atoms with Gasteiger partial charge in [-0.25, -0.2) is 9.97 Å². The summed E-state index contributed by atoms with van der Waals surface area (Å²) in [4.78, 5) is 8.79. The molecule has 72 valence electrons. The molecule has 0 amide bonds. The van der Waals surface area contributed by atoms with Gasteiger partial charge in [0.1, 0.15) is 0 Å². The topological polar surface area (TPSA) is 46.0 Å². The van der Waals surface area contributed by atoms with E-state index >= 15 is 0 Å². The van der Waals surface area contributed by atoms with Crippen molar-refractivity contribution in [1.82, 2.24) is 9.97 Å². The Morgan fingerprint density at radius 2 is 1.64 bits per heavy atom. The summed E-state index contributed by atoms with van der Waals surface area (Å²) in [6.45, 7) is 1.97. The molecule has 1 N–H and O–H groups in total. The average Bonchev–Trinajstić information content (AvgIpc) is 2.27. The predicted octanol–water partition coefficient (Wildman–Crippen LogP) is 1.68. The Morgan fingerprint density at radius 1 is 1.07 bits per heavy atom. The zero-order valence-corrected chi connectivity index (χ0v) is 8.07. The van der Waals surface area contributed by atoms with Crippen LogP contribution >= 0.6 is 0 Å². The summed E-state index contributed by atoms with van der Waals surface area (Å²) in [5, 5.41) is 9.11. The lowest BCUT2D eigenvalue weighted by atomic mass is 10.2. The Morgan fingerprint density at radius 3 is 2.14 bits per heavy atom. The third-order valence-corrected chi connectivity index (χ3v) is 2.21. The van der Waals surface area contributed by atoms with Crippen LogP contribution in [0.3, 0.4) is 0 Å². The number of benzene rings is 1. The highest BCUT2D eigenvalue weighted by Gasteiger charge is 2.04. The summed E-state index contributed by atoms with van der Waals surface area (Å²) in [7, 11) is 0. The lowest BCUT2D eigenvalue weighted by molar-refractivity contribution is 0.275. The first-order valence-electron chi connectivity index (χ1n) is 4.70. The number of aryl methyl sites for hydroxylation is 1. The molecule has 0 atom stereocenters. The quantitative estimate of drug-likeness (QED) is 0.780. The molecule has 0 radical (unpaired) electrons. The summed E-state index contributed by atoms with van der Waals surface area (Å²) in [5.41, 5.74) is 3.30. The first-order chi connectivity index (χ1) is 6.85. The number of rotatable bonds is 2. The number of aliphatic hydroxyl groups excluding tert-OH is 1. The van der Waals surface area contributed by atoms with Gasteiger partial charge in [0.15, 0.2) is 0 Å². The van der Waals surface area contributed by atoms with Gasteiger partial charge in [-0.2, -0.15) is 0 Å². The van der Waals surface area contributed by atoms with Gasteiger partial charge in [-0.05, 0) is 18.6 Å². The molecule has 2 aromatic rings. The molecule has 3 heteroatoms. The standard InChI is InChI=1S/C11H12N2O/c1-2-8-11(7-14)13-10-6-4-3-5-9(10)12-8/h3-6,14H,2,7H2,1H3. The largest absolute Gasteiger partial charge is 0.390 e. The van der Waals surface area contributed by atoms with Gasteiger partial charge in [0.25, 0.3) is 0 Å². The zero-order chi connectivity index (χ0) is 9.97. The minimum Gasteiger partial charge on any atom is -0.390 e. The van der Waals surface area contributed by atoms with E-state index in [2.05, 4.69) is 9.97 Å². The van der Waals surface area contributed by atoms with Gasteiger partial charge in [-0.1, -0.05) is 19.1 Å². The number of fused-ring (bicyclic) bond motifs is 1. The fraction of sp³-hybridized carbons (Fsp3) is 0.273. The second-order valence-electron chi connectivity index (χ2n) is 3.12. The molecule has 0 bridgehead atoms. The summed E-state index contributed by atoms with van der Waals surface area (Å²) < 4.78 is 0. The molecule has 1 heterocycles. The fourth-order valence-electron chi connectivity index (χ4n) is 1.48. The Kier molecular flexibility index (Phi) is 2.41. The van der Waals surface area contributed by atoms with Crippen LogP contribution in [0.4, 0.5) is 0 Å². The molecule has 0 saturated carbocycles. The number of nitrogens with zero attached hydrogens (tertiary/aromatic N) is 2. The maximum atomic E-state index is 9.11. The van der Waals surface area contributed by atoms with Gasteiger partial charge in [0.05, 0.1) is 29.0 Å². The number of hydrogen-bond acceptors (Lipinski definition) is 3. The lowest BCUT2D eigenvalue weighted by Crippen LogP contribution is -2.00.